The predicted molar refractivity (Wildman–Crippen MR) is 93.2 cm³/mol. The van der Waals surface area contributed by atoms with E-state index in [-0.39, 0.29) is 12.0 Å². The van der Waals surface area contributed by atoms with Gasteiger partial charge in [-0.05, 0) is 0 Å². The van der Waals surface area contributed by atoms with Crippen LogP contribution >= 0.6 is 0 Å². The first kappa shape index (κ1) is 19.0. The molecule has 7 heteroatoms. The number of carbonyl (C=O) groups excluding carboxylic acids is 1. The van der Waals surface area contributed by atoms with Crippen molar-refractivity contribution in [1.82, 2.24) is 5.32 Å². The maximum atomic E-state index is 11.7. The van der Waals surface area contributed by atoms with Gasteiger partial charge in [-0.25, -0.2) is 0 Å². The molecule has 1 aromatic rings. The molecule has 1 N–H and O–H groups in total. The Morgan fingerprint density at radius 2 is 2.12 bits per heavy atom. The number of hydrogen-bond donors (Lipinski definition) is 1. The van der Waals surface area contributed by atoms with Crippen LogP contribution in [0.3, 0.4) is 0 Å². The zero-order valence-electron chi connectivity index (χ0n) is 15.0. The summed E-state index contributed by atoms with van der Waals surface area (Å²) >= 11 is 0. The van der Waals surface area contributed by atoms with Crippen LogP contribution in [0.1, 0.15) is 18.8 Å². The van der Waals surface area contributed by atoms with E-state index in [1.165, 1.54) is 14.0 Å². The van der Waals surface area contributed by atoms with Crippen LogP contribution in [0.15, 0.2) is 43.0 Å². The number of methoxy groups -OCH3 is 1. The van der Waals surface area contributed by atoms with Crippen LogP contribution in [0.2, 0.25) is 0 Å². The van der Waals surface area contributed by atoms with E-state index in [2.05, 4.69) is 11.9 Å². The quantitative estimate of drug-likeness (QED) is 0.773. The molecule has 0 spiro atoms. The Morgan fingerprint density at radius 1 is 1.35 bits per heavy atom. The summed E-state index contributed by atoms with van der Waals surface area (Å²) in [4.78, 5) is 11.7. The highest BCUT2D eigenvalue weighted by Crippen LogP contribution is 2.35. The highest BCUT2D eigenvalue weighted by atomic mass is 16.7. The first-order chi connectivity index (χ1) is 12.6. The van der Waals surface area contributed by atoms with Crippen molar-refractivity contribution in [2.45, 2.75) is 43.9 Å². The minimum Gasteiger partial charge on any atom is -0.369 e. The highest BCUT2D eigenvalue weighted by Gasteiger charge is 2.51. The van der Waals surface area contributed by atoms with Crippen LogP contribution in [0.25, 0.3) is 0 Å². The first-order valence-electron chi connectivity index (χ1n) is 8.64. The Kier molecular flexibility index (Phi) is 6.39. The van der Waals surface area contributed by atoms with Gasteiger partial charge in [0, 0.05) is 19.6 Å². The molecule has 0 aromatic heterocycles. The van der Waals surface area contributed by atoms with Gasteiger partial charge >= 0.3 is 0 Å². The zero-order chi connectivity index (χ0) is 18.5. The number of rotatable bonds is 6. The predicted octanol–water partition coefficient (Wildman–Crippen LogP) is 1.55. The Morgan fingerprint density at radius 3 is 2.77 bits per heavy atom. The Balaban J connectivity index is 1.83. The molecule has 2 aliphatic heterocycles. The third-order valence-electron chi connectivity index (χ3n) is 4.42. The second-order valence-corrected chi connectivity index (χ2v) is 6.27. The van der Waals surface area contributed by atoms with E-state index in [0.717, 1.165) is 5.56 Å². The minimum absolute atomic E-state index is 0.196. The number of carbonyl (C=O) groups is 1. The molecule has 2 saturated heterocycles. The molecule has 0 unspecified atom stereocenters. The average molecular weight is 363 g/mol. The van der Waals surface area contributed by atoms with Crippen molar-refractivity contribution in [3.05, 3.63) is 48.6 Å². The van der Waals surface area contributed by atoms with Gasteiger partial charge in [-0.15, -0.1) is 6.58 Å². The fourth-order valence-electron chi connectivity index (χ4n) is 3.32. The smallest absolute Gasteiger partial charge is 0.217 e. The van der Waals surface area contributed by atoms with Crippen molar-refractivity contribution in [2.75, 3.05) is 20.3 Å². The second kappa shape index (κ2) is 8.75. The summed E-state index contributed by atoms with van der Waals surface area (Å²) in [6, 6.07) is 9.17. The molecule has 0 saturated carbocycles. The summed E-state index contributed by atoms with van der Waals surface area (Å²) in [6.45, 7) is 5.80. The zero-order valence-corrected chi connectivity index (χ0v) is 15.0. The van der Waals surface area contributed by atoms with Crippen molar-refractivity contribution >= 4 is 5.91 Å². The summed E-state index contributed by atoms with van der Waals surface area (Å²) in [5.74, 6) is -0.196. The molecular weight excluding hydrogens is 338 g/mol. The van der Waals surface area contributed by atoms with Crippen molar-refractivity contribution in [2.24, 2.45) is 0 Å². The number of hydrogen-bond acceptors (Lipinski definition) is 6. The Hall–Kier alpha value is -1.77. The average Bonchev–Trinajstić information content (AvgIpc) is 2.66. The lowest BCUT2D eigenvalue weighted by atomic mass is 9.95. The lowest BCUT2D eigenvalue weighted by Gasteiger charge is -2.48. The van der Waals surface area contributed by atoms with Crippen molar-refractivity contribution in [1.29, 1.82) is 0 Å². The molecule has 0 radical (unpaired) electrons. The van der Waals surface area contributed by atoms with Gasteiger partial charge < -0.3 is 29.0 Å². The molecule has 0 bridgehead atoms. The standard InChI is InChI=1S/C19H25NO6/c1-4-10-23-17-15(20-12(2)21)19(22-3)25-14-11-24-18(26-16(14)17)13-8-6-5-7-9-13/h4-9,14-19H,1,10-11H2,2-3H3,(H,20,21)/t14-,15-,16-,17-,18+,19-/m1/s1. The van der Waals surface area contributed by atoms with Gasteiger partial charge in [0.1, 0.15) is 24.4 Å². The monoisotopic (exact) mass is 363 g/mol. The van der Waals surface area contributed by atoms with Gasteiger partial charge in [0.05, 0.1) is 13.2 Å². The van der Waals surface area contributed by atoms with Gasteiger partial charge in [-0.2, -0.15) is 0 Å². The fourth-order valence-corrected chi connectivity index (χ4v) is 3.32. The Bertz CT molecular complexity index is 609. The summed E-state index contributed by atoms with van der Waals surface area (Å²) < 4.78 is 29.3. The molecule has 1 amide bonds. The van der Waals surface area contributed by atoms with Crippen LogP contribution in [0.5, 0.6) is 0 Å². The van der Waals surface area contributed by atoms with E-state index >= 15 is 0 Å². The maximum Gasteiger partial charge on any atom is 0.217 e. The van der Waals surface area contributed by atoms with Crippen LogP contribution in [-0.4, -0.2) is 56.9 Å². The summed E-state index contributed by atoms with van der Waals surface area (Å²) in [5, 5.41) is 2.86. The van der Waals surface area contributed by atoms with Crippen molar-refractivity contribution in [3.63, 3.8) is 0 Å². The molecule has 1 aromatic carbocycles. The van der Waals surface area contributed by atoms with Crippen LogP contribution in [0, 0.1) is 0 Å². The maximum absolute atomic E-state index is 11.7. The molecule has 6 atom stereocenters. The van der Waals surface area contributed by atoms with E-state index in [1.807, 2.05) is 30.3 Å². The van der Waals surface area contributed by atoms with E-state index in [1.54, 1.807) is 6.08 Å². The van der Waals surface area contributed by atoms with Crippen LogP contribution in [-0.2, 0) is 28.5 Å². The fraction of sp³-hybridized carbons (Fsp3) is 0.526. The largest absolute Gasteiger partial charge is 0.369 e. The minimum atomic E-state index is -0.657. The number of fused-ring (bicyclic) bond motifs is 1. The van der Waals surface area contributed by atoms with Crippen molar-refractivity contribution in [3.8, 4) is 0 Å². The molecule has 7 nitrogen and oxygen atoms in total. The van der Waals surface area contributed by atoms with E-state index in [0.29, 0.717) is 13.2 Å². The highest BCUT2D eigenvalue weighted by molar-refractivity contribution is 5.73. The second-order valence-electron chi connectivity index (χ2n) is 6.27. The van der Waals surface area contributed by atoms with Gasteiger partial charge in [0.15, 0.2) is 12.6 Å². The van der Waals surface area contributed by atoms with Gasteiger partial charge in [-0.3, -0.25) is 4.79 Å². The van der Waals surface area contributed by atoms with Crippen LogP contribution < -0.4 is 5.32 Å². The Labute approximate surface area is 153 Å². The lowest BCUT2D eigenvalue weighted by molar-refractivity contribution is -0.344. The normalized spacial score (nSPS) is 33.9. The lowest BCUT2D eigenvalue weighted by Crippen LogP contribution is -2.67. The van der Waals surface area contributed by atoms with Gasteiger partial charge in [0.2, 0.25) is 5.91 Å². The molecule has 2 aliphatic rings. The summed E-state index contributed by atoms with van der Waals surface area (Å²) in [7, 11) is 1.53. The molecule has 142 valence electrons. The number of ether oxygens (including phenoxy) is 5. The number of nitrogens with one attached hydrogen (secondary N) is 1. The molecule has 2 fully saturated rings. The van der Waals surface area contributed by atoms with Gasteiger partial charge in [0.25, 0.3) is 0 Å². The topological polar surface area (TPSA) is 75.3 Å². The van der Waals surface area contributed by atoms with E-state index in [4.69, 9.17) is 23.7 Å². The third kappa shape index (κ3) is 4.13. The number of amides is 1. The SMILES string of the molecule is C=CCO[C@@H]1[C@@H](NC(C)=O)[C@H](OC)O[C@@H]2CO[C@H](c3ccccc3)O[C@@H]12. The molecule has 2 heterocycles. The van der Waals surface area contributed by atoms with E-state index < -0.39 is 30.8 Å². The summed E-state index contributed by atoms with van der Waals surface area (Å²) in [5.41, 5.74) is 0.915. The van der Waals surface area contributed by atoms with Crippen LogP contribution in [0.4, 0.5) is 0 Å². The number of benzene rings is 1. The summed E-state index contributed by atoms with van der Waals surface area (Å²) in [6.07, 6.45) is -0.763. The van der Waals surface area contributed by atoms with Crippen molar-refractivity contribution < 1.29 is 28.5 Å². The molecule has 3 rings (SSSR count). The first-order valence-corrected chi connectivity index (χ1v) is 8.64. The molecule has 0 aliphatic carbocycles. The van der Waals surface area contributed by atoms with E-state index in [9.17, 15) is 4.79 Å². The molecular formula is C19H25NO6. The third-order valence-corrected chi connectivity index (χ3v) is 4.42. The molecule has 26 heavy (non-hydrogen) atoms. The van der Waals surface area contributed by atoms with Gasteiger partial charge in [-0.1, -0.05) is 36.4 Å².